The summed E-state index contributed by atoms with van der Waals surface area (Å²) in [6, 6.07) is 11.2. The summed E-state index contributed by atoms with van der Waals surface area (Å²) in [5.74, 6) is -1.51. The molecule has 0 spiro atoms. The Morgan fingerprint density at radius 2 is 1.79 bits per heavy atom. The number of carbonyl (C=O) groups excluding carboxylic acids is 2. The first-order valence-corrected chi connectivity index (χ1v) is 10.9. The Morgan fingerprint density at radius 3 is 2.44 bits per heavy atom. The molecule has 1 amide bonds. The number of nitro groups is 1. The van der Waals surface area contributed by atoms with Gasteiger partial charge in [0.1, 0.15) is 11.5 Å². The van der Waals surface area contributed by atoms with E-state index in [4.69, 9.17) is 9.47 Å². The monoisotopic (exact) mass is 467 g/mol. The molecule has 0 aliphatic carbocycles. The van der Waals surface area contributed by atoms with Crippen molar-refractivity contribution in [1.82, 2.24) is 9.80 Å². The fourth-order valence-corrected chi connectivity index (χ4v) is 4.30. The zero-order valence-corrected chi connectivity index (χ0v) is 18.7. The van der Waals surface area contributed by atoms with Gasteiger partial charge >= 0.3 is 0 Å². The van der Waals surface area contributed by atoms with Crippen molar-refractivity contribution < 1.29 is 29.1 Å². The molecular formula is C24H25N3O7. The minimum atomic E-state index is -1.09. The van der Waals surface area contributed by atoms with Crippen LogP contribution in [0.25, 0.3) is 5.76 Å². The van der Waals surface area contributed by atoms with E-state index in [0.29, 0.717) is 44.2 Å². The smallest absolute Gasteiger partial charge is 0.295 e. The molecular weight excluding hydrogens is 442 g/mol. The summed E-state index contributed by atoms with van der Waals surface area (Å²) >= 11 is 0. The van der Waals surface area contributed by atoms with Crippen molar-refractivity contribution in [3.8, 4) is 5.75 Å². The van der Waals surface area contributed by atoms with E-state index < -0.39 is 28.4 Å². The maximum atomic E-state index is 13.1. The predicted octanol–water partition coefficient (Wildman–Crippen LogP) is 2.36. The molecule has 2 fully saturated rings. The molecule has 34 heavy (non-hydrogen) atoms. The van der Waals surface area contributed by atoms with Crippen LogP contribution in [-0.2, 0) is 14.3 Å². The van der Waals surface area contributed by atoms with Gasteiger partial charge in [0.15, 0.2) is 0 Å². The lowest BCUT2D eigenvalue weighted by molar-refractivity contribution is -0.385. The number of nitrogens with zero attached hydrogens (tertiary/aromatic N) is 3. The van der Waals surface area contributed by atoms with Gasteiger partial charge in [-0.25, -0.2) is 0 Å². The SMILES string of the molecule is COc1ccc(C(O)=C2C(=O)C(=O)N(CCN3CCOCC3)[C@@H]2c2ccccc2[N+](=O)[O-])cc1. The number of para-hydroxylation sites is 1. The Balaban J connectivity index is 1.79. The number of aliphatic hydroxyl groups is 1. The van der Waals surface area contributed by atoms with Crippen molar-refractivity contribution >= 4 is 23.1 Å². The van der Waals surface area contributed by atoms with Crippen LogP contribution in [0.4, 0.5) is 5.69 Å². The van der Waals surface area contributed by atoms with E-state index in [1.807, 2.05) is 0 Å². The summed E-state index contributed by atoms with van der Waals surface area (Å²) in [4.78, 5) is 40.9. The number of amides is 1. The van der Waals surface area contributed by atoms with Gasteiger partial charge in [0.2, 0.25) is 0 Å². The van der Waals surface area contributed by atoms with E-state index in [-0.39, 0.29) is 23.4 Å². The number of Topliss-reactive ketones (excluding diaryl/α,β-unsaturated/α-hetero) is 1. The van der Waals surface area contributed by atoms with Crippen LogP contribution < -0.4 is 4.74 Å². The van der Waals surface area contributed by atoms with Gasteiger partial charge < -0.3 is 19.5 Å². The second kappa shape index (κ2) is 10.0. The second-order valence-corrected chi connectivity index (χ2v) is 7.99. The molecule has 2 aliphatic heterocycles. The van der Waals surface area contributed by atoms with Gasteiger partial charge in [-0.15, -0.1) is 0 Å². The summed E-state index contributed by atoms with van der Waals surface area (Å²) < 4.78 is 10.5. The normalized spacial score (nSPS) is 20.5. The highest BCUT2D eigenvalue weighted by Gasteiger charge is 2.48. The van der Waals surface area contributed by atoms with E-state index in [2.05, 4.69) is 4.90 Å². The van der Waals surface area contributed by atoms with Crippen molar-refractivity contribution in [2.24, 2.45) is 0 Å². The maximum Gasteiger partial charge on any atom is 0.295 e. The second-order valence-electron chi connectivity index (χ2n) is 7.99. The molecule has 4 rings (SSSR count). The van der Waals surface area contributed by atoms with Crippen molar-refractivity contribution in [2.75, 3.05) is 46.5 Å². The van der Waals surface area contributed by atoms with Gasteiger partial charge in [-0.3, -0.25) is 24.6 Å². The number of rotatable bonds is 7. The van der Waals surface area contributed by atoms with E-state index in [1.54, 1.807) is 30.3 Å². The van der Waals surface area contributed by atoms with Crippen LogP contribution in [0.1, 0.15) is 17.2 Å². The minimum absolute atomic E-state index is 0.167. The fraction of sp³-hybridized carbons (Fsp3) is 0.333. The van der Waals surface area contributed by atoms with E-state index in [9.17, 15) is 24.8 Å². The Kier molecular flexibility index (Phi) is 6.90. The number of methoxy groups -OCH3 is 1. The van der Waals surface area contributed by atoms with Gasteiger partial charge in [-0.1, -0.05) is 12.1 Å². The van der Waals surface area contributed by atoms with Crippen molar-refractivity contribution in [2.45, 2.75) is 6.04 Å². The predicted molar refractivity (Wildman–Crippen MR) is 122 cm³/mol. The number of aliphatic hydroxyl groups excluding tert-OH is 1. The molecule has 10 heteroatoms. The number of carbonyl (C=O) groups is 2. The van der Waals surface area contributed by atoms with Crippen LogP contribution in [0.2, 0.25) is 0 Å². The lowest BCUT2D eigenvalue weighted by Crippen LogP contribution is -2.42. The third kappa shape index (κ3) is 4.50. The summed E-state index contributed by atoms with van der Waals surface area (Å²) in [6.07, 6.45) is 0. The Morgan fingerprint density at radius 1 is 1.12 bits per heavy atom. The highest BCUT2D eigenvalue weighted by molar-refractivity contribution is 6.46. The molecule has 2 aromatic rings. The average Bonchev–Trinajstić information content (AvgIpc) is 3.12. The van der Waals surface area contributed by atoms with Crippen molar-refractivity contribution in [3.05, 3.63) is 75.3 Å². The molecule has 2 saturated heterocycles. The zero-order valence-electron chi connectivity index (χ0n) is 18.7. The molecule has 0 saturated carbocycles. The quantitative estimate of drug-likeness (QED) is 0.217. The zero-order chi connectivity index (χ0) is 24.2. The number of likely N-dealkylation sites (tertiary alicyclic amines) is 1. The van der Waals surface area contributed by atoms with Gasteiger partial charge in [0, 0.05) is 37.8 Å². The van der Waals surface area contributed by atoms with Gasteiger partial charge in [-0.2, -0.15) is 0 Å². The van der Waals surface area contributed by atoms with Crippen LogP contribution >= 0.6 is 0 Å². The van der Waals surface area contributed by atoms with Crippen LogP contribution in [0, 0.1) is 10.1 Å². The third-order valence-electron chi connectivity index (χ3n) is 6.09. The first-order chi connectivity index (χ1) is 16.4. The highest BCUT2D eigenvalue weighted by Crippen LogP contribution is 2.42. The van der Waals surface area contributed by atoms with E-state index >= 15 is 0 Å². The Labute approximate surface area is 196 Å². The first-order valence-electron chi connectivity index (χ1n) is 10.9. The summed E-state index contributed by atoms with van der Waals surface area (Å²) in [7, 11) is 1.50. The maximum absolute atomic E-state index is 13.1. The van der Waals surface area contributed by atoms with Gasteiger partial charge in [0.05, 0.1) is 42.4 Å². The lowest BCUT2D eigenvalue weighted by atomic mass is 9.94. The number of morpholine rings is 1. The third-order valence-corrected chi connectivity index (χ3v) is 6.09. The van der Waals surface area contributed by atoms with E-state index in [0.717, 1.165) is 0 Å². The van der Waals surface area contributed by atoms with Crippen molar-refractivity contribution in [3.63, 3.8) is 0 Å². The Bertz CT molecular complexity index is 1120. The molecule has 0 unspecified atom stereocenters. The number of ketones is 1. The molecule has 0 radical (unpaired) electrons. The summed E-state index contributed by atoms with van der Waals surface area (Å²) in [5.41, 5.74) is 0.0668. The van der Waals surface area contributed by atoms with Gasteiger partial charge in [0.25, 0.3) is 17.4 Å². The highest BCUT2D eigenvalue weighted by atomic mass is 16.6. The lowest BCUT2D eigenvalue weighted by Gasteiger charge is -2.30. The Hall–Kier alpha value is -3.76. The van der Waals surface area contributed by atoms with Gasteiger partial charge in [-0.05, 0) is 30.3 Å². The molecule has 2 aliphatic rings. The van der Waals surface area contributed by atoms with Crippen LogP contribution in [-0.4, -0.2) is 78.0 Å². The minimum Gasteiger partial charge on any atom is -0.507 e. The number of nitro benzene ring substituents is 1. The standard InChI is InChI=1S/C24H25N3O7/c1-33-17-8-6-16(7-9-17)22(28)20-21(18-4-2-3-5-19(18)27(31)32)26(24(30)23(20)29)11-10-25-12-14-34-15-13-25/h2-9,21,28H,10-15H2,1H3/t21-/m1/s1. The number of ether oxygens (including phenoxy) is 2. The average molecular weight is 467 g/mol. The fourth-order valence-electron chi connectivity index (χ4n) is 4.30. The van der Waals surface area contributed by atoms with Crippen molar-refractivity contribution in [1.29, 1.82) is 0 Å². The number of hydrogen-bond acceptors (Lipinski definition) is 8. The van der Waals surface area contributed by atoms with Crippen LogP contribution in [0.15, 0.2) is 54.1 Å². The number of benzene rings is 2. The largest absolute Gasteiger partial charge is 0.507 e. The van der Waals surface area contributed by atoms with Crippen LogP contribution in [0.5, 0.6) is 5.75 Å². The molecule has 0 aromatic heterocycles. The molecule has 2 aromatic carbocycles. The molecule has 1 N–H and O–H groups in total. The van der Waals surface area contributed by atoms with E-state index in [1.165, 1.54) is 30.2 Å². The molecule has 0 bridgehead atoms. The topological polar surface area (TPSA) is 122 Å². The molecule has 2 heterocycles. The number of hydrogen-bond donors (Lipinski definition) is 1. The molecule has 1 atom stereocenters. The summed E-state index contributed by atoms with van der Waals surface area (Å²) in [6.45, 7) is 3.16. The summed E-state index contributed by atoms with van der Waals surface area (Å²) in [5, 5.41) is 22.9. The molecule has 10 nitrogen and oxygen atoms in total. The first kappa shape index (κ1) is 23.4. The van der Waals surface area contributed by atoms with Crippen LogP contribution in [0.3, 0.4) is 0 Å². The molecule has 178 valence electrons.